The summed E-state index contributed by atoms with van der Waals surface area (Å²) < 4.78 is 14.1. The molecule has 2 heterocycles. The maximum absolute atomic E-state index is 6.56. The smallest absolute Gasteiger partial charge is 0.156 e. The number of aromatic nitrogens is 2. The summed E-state index contributed by atoms with van der Waals surface area (Å²) in [5.74, 6) is 2.14. The third kappa shape index (κ3) is 12.8. The second-order valence-electron chi connectivity index (χ2n) is 13.1. The van der Waals surface area contributed by atoms with Crippen LogP contribution in [-0.4, -0.2) is 28.8 Å². The molecule has 3 aromatic rings. The first-order valence-corrected chi connectivity index (χ1v) is 17.6. The maximum atomic E-state index is 6.56. The number of benzene rings is 1. The predicted octanol–water partition coefficient (Wildman–Crippen LogP) is 12.8. The normalized spacial score (nSPS) is 12.8. The van der Waals surface area contributed by atoms with E-state index in [1.165, 1.54) is 35.1 Å². The molecule has 0 aliphatic rings. The lowest BCUT2D eigenvalue weighted by molar-refractivity contribution is 0.137. The van der Waals surface area contributed by atoms with Crippen molar-refractivity contribution in [3.8, 4) is 11.1 Å². The number of furan rings is 1. The monoisotopic (exact) mass is 659 g/mol. The molecule has 3 rings (SSSR count). The molecule has 49 heavy (non-hydrogen) atoms. The van der Waals surface area contributed by atoms with Gasteiger partial charge < -0.3 is 9.15 Å². The van der Waals surface area contributed by atoms with E-state index in [9.17, 15) is 0 Å². The number of aliphatic imine (C=N–C) groups is 1. The van der Waals surface area contributed by atoms with Gasteiger partial charge in [-0.1, -0.05) is 85.4 Å². The first-order chi connectivity index (χ1) is 23.5. The van der Waals surface area contributed by atoms with Gasteiger partial charge in [-0.15, -0.1) is 13.2 Å². The predicted molar refractivity (Wildman–Crippen MR) is 211 cm³/mol. The Bertz CT molecular complexity index is 1720. The molecule has 0 atom stereocenters. The van der Waals surface area contributed by atoms with Gasteiger partial charge in [-0.25, -0.2) is 9.67 Å². The molecule has 2 aromatic heterocycles. The lowest BCUT2D eigenvalue weighted by Gasteiger charge is -2.09. The van der Waals surface area contributed by atoms with Crippen molar-refractivity contribution in [3.05, 3.63) is 133 Å². The van der Waals surface area contributed by atoms with Gasteiger partial charge in [0.05, 0.1) is 12.8 Å². The second-order valence-corrected chi connectivity index (χ2v) is 13.1. The Balaban J connectivity index is 1.95. The van der Waals surface area contributed by atoms with Gasteiger partial charge in [-0.2, -0.15) is 5.10 Å². The SMILES string of the molecule is C=CCC(=Nc1cc(/C(C)=C/C(C)=C(C)\C=C\CCCCC(=C)C)oc1C(=C)CC(=C)CCOCCC)n1cc(-c2cccc(C)c2)cn1. The number of allylic oxidation sites excluding steroid dienone is 9. The second kappa shape index (κ2) is 20.1. The van der Waals surface area contributed by atoms with Gasteiger partial charge in [0.2, 0.25) is 0 Å². The molecule has 0 unspecified atom stereocenters. The standard InChI is InChI=1S/C44H57N3O2/c1-11-18-43(47-31-40(30-45-47)39-22-17-20-33(5)27-39)46-41-29-42(49-44(41)38(10)26-34(6)23-25-48-24-12-2)37(9)28-36(8)35(7)21-16-14-13-15-19-32(3)4/h11,16-17,20-22,27-31H,1,3,6,10,12-15,18-19,23-26H2,2,4-5,7-9H3/b21-16+,36-35-,37-28+,46-43?. The summed E-state index contributed by atoms with van der Waals surface area (Å²) in [5, 5.41) is 4.69. The Morgan fingerprint density at radius 1 is 1.00 bits per heavy atom. The molecule has 0 saturated heterocycles. The zero-order valence-corrected chi connectivity index (χ0v) is 30.9. The van der Waals surface area contributed by atoms with Gasteiger partial charge in [0, 0.05) is 30.9 Å². The number of ether oxygens (including phenoxy) is 1. The van der Waals surface area contributed by atoms with Gasteiger partial charge >= 0.3 is 0 Å². The third-order valence-electron chi connectivity index (χ3n) is 8.26. The molecule has 0 fully saturated rings. The average Bonchev–Trinajstić information content (AvgIpc) is 3.73. The summed E-state index contributed by atoms with van der Waals surface area (Å²) in [6, 6.07) is 10.4. The number of nitrogens with zero attached hydrogens (tertiary/aromatic N) is 3. The molecule has 260 valence electrons. The molecular formula is C44H57N3O2. The third-order valence-corrected chi connectivity index (χ3v) is 8.26. The van der Waals surface area contributed by atoms with Crippen molar-refractivity contribution in [1.29, 1.82) is 0 Å². The maximum Gasteiger partial charge on any atom is 0.156 e. The van der Waals surface area contributed by atoms with Crippen molar-refractivity contribution >= 4 is 22.7 Å². The summed E-state index contributed by atoms with van der Waals surface area (Å²) in [6.45, 7) is 30.8. The molecule has 0 amide bonds. The molecule has 5 heteroatoms. The van der Waals surface area contributed by atoms with Crippen LogP contribution in [0.3, 0.4) is 0 Å². The fraction of sp³-hybridized carbons (Fsp3) is 0.364. The van der Waals surface area contributed by atoms with Crippen LogP contribution in [0.25, 0.3) is 22.3 Å². The Morgan fingerprint density at radius 3 is 2.51 bits per heavy atom. The van der Waals surface area contributed by atoms with Crippen LogP contribution in [0, 0.1) is 6.92 Å². The highest BCUT2D eigenvalue weighted by Gasteiger charge is 2.18. The van der Waals surface area contributed by atoms with Crippen LogP contribution >= 0.6 is 0 Å². The van der Waals surface area contributed by atoms with Crippen LogP contribution in [0.2, 0.25) is 0 Å². The zero-order valence-electron chi connectivity index (χ0n) is 30.9. The molecule has 0 spiro atoms. The van der Waals surface area contributed by atoms with Crippen LogP contribution in [-0.2, 0) is 4.74 Å². The molecule has 0 aliphatic heterocycles. The first-order valence-electron chi connectivity index (χ1n) is 17.6. The van der Waals surface area contributed by atoms with E-state index in [1.54, 1.807) is 0 Å². The minimum Gasteiger partial charge on any atom is -0.454 e. The van der Waals surface area contributed by atoms with E-state index < -0.39 is 0 Å². The minimum absolute atomic E-state index is 0.526. The van der Waals surface area contributed by atoms with Gasteiger partial charge in [-0.05, 0) is 107 Å². The highest BCUT2D eigenvalue weighted by molar-refractivity contribution is 5.90. The van der Waals surface area contributed by atoms with Crippen molar-refractivity contribution in [2.45, 2.75) is 92.9 Å². The number of hydrogen-bond donors (Lipinski definition) is 0. The highest BCUT2D eigenvalue weighted by Crippen LogP contribution is 2.36. The fourth-order valence-electron chi connectivity index (χ4n) is 5.33. The van der Waals surface area contributed by atoms with Crippen molar-refractivity contribution < 1.29 is 9.15 Å². The van der Waals surface area contributed by atoms with Crippen LogP contribution < -0.4 is 0 Å². The molecule has 0 radical (unpaired) electrons. The molecule has 0 saturated carbocycles. The Kier molecular flexibility index (Phi) is 16.0. The topological polar surface area (TPSA) is 52.6 Å². The van der Waals surface area contributed by atoms with E-state index in [4.69, 9.17) is 14.1 Å². The van der Waals surface area contributed by atoms with E-state index in [1.807, 2.05) is 29.2 Å². The molecule has 0 aliphatic carbocycles. The number of hydrogen-bond acceptors (Lipinski definition) is 4. The number of aryl methyl sites for hydroxylation is 1. The van der Waals surface area contributed by atoms with Crippen LogP contribution in [0.15, 0.2) is 125 Å². The lowest BCUT2D eigenvalue weighted by atomic mass is 10.0. The van der Waals surface area contributed by atoms with E-state index in [0.717, 1.165) is 71.7 Å². The van der Waals surface area contributed by atoms with Crippen LogP contribution in [0.1, 0.15) is 103 Å². The van der Waals surface area contributed by atoms with Gasteiger partial charge in [0.1, 0.15) is 17.3 Å². The van der Waals surface area contributed by atoms with E-state index >= 15 is 0 Å². The molecule has 1 aromatic carbocycles. The number of unbranched alkanes of at least 4 members (excludes halogenated alkanes) is 2. The van der Waals surface area contributed by atoms with Gasteiger partial charge in [0.25, 0.3) is 0 Å². The summed E-state index contributed by atoms with van der Waals surface area (Å²) >= 11 is 0. The molecule has 5 nitrogen and oxygen atoms in total. The average molecular weight is 660 g/mol. The zero-order chi connectivity index (χ0) is 35.8. The van der Waals surface area contributed by atoms with Crippen molar-refractivity contribution in [1.82, 2.24) is 9.78 Å². The summed E-state index contributed by atoms with van der Waals surface area (Å²) in [4.78, 5) is 5.13. The molecule has 0 bridgehead atoms. The fourth-order valence-corrected chi connectivity index (χ4v) is 5.33. The number of rotatable bonds is 20. The van der Waals surface area contributed by atoms with Crippen molar-refractivity contribution in [2.24, 2.45) is 4.99 Å². The Morgan fingerprint density at radius 2 is 1.80 bits per heavy atom. The quantitative estimate of drug-likeness (QED) is 0.0399. The Labute approximate surface area is 295 Å². The summed E-state index contributed by atoms with van der Waals surface area (Å²) in [6.07, 6.45) is 19.8. The van der Waals surface area contributed by atoms with E-state index in [0.29, 0.717) is 30.9 Å². The van der Waals surface area contributed by atoms with Crippen LogP contribution in [0.4, 0.5) is 5.69 Å². The summed E-state index contributed by atoms with van der Waals surface area (Å²) in [7, 11) is 0. The lowest BCUT2D eigenvalue weighted by Crippen LogP contribution is -2.11. The highest BCUT2D eigenvalue weighted by atomic mass is 16.5. The van der Waals surface area contributed by atoms with E-state index in [-0.39, 0.29) is 0 Å². The molecular weight excluding hydrogens is 603 g/mol. The first kappa shape index (κ1) is 39.0. The molecule has 0 N–H and O–H groups in total. The van der Waals surface area contributed by atoms with E-state index in [2.05, 4.69) is 115 Å². The summed E-state index contributed by atoms with van der Waals surface area (Å²) in [5.41, 5.74) is 10.6. The minimum atomic E-state index is 0.526. The Hall–Kier alpha value is -4.48. The van der Waals surface area contributed by atoms with Gasteiger partial charge in [0.15, 0.2) is 5.76 Å². The van der Waals surface area contributed by atoms with Crippen molar-refractivity contribution in [2.75, 3.05) is 13.2 Å². The van der Waals surface area contributed by atoms with Crippen molar-refractivity contribution in [3.63, 3.8) is 0 Å². The largest absolute Gasteiger partial charge is 0.454 e. The van der Waals surface area contributed by atoms with Gasteiger partial charge in [-0.3, -0.25) is 0 Å². The van der Waals surface area contributed by atoms with Crippen LogP contribution in [0.5, 0.6) is 0 Å².